The molecule has 0 radical (unpaired) electrons. The van der Waals surface area contributed by atoms with Crippen molar-refractivity contribution in [3.05, 3.63) is 69.3 Å². The van der Waals surface area contributed by atoms with Crippen molar-refractivity contribution < 1.29 is 22.8 Å². The maximum Gasteiger partial charge on any atom is 0.417 e. The van der Waals surface area contributed by atoms with Crippen LogP contribution in [0.4, 0.5) is 13.2 Å². The number of aryl methyl sites for hydroxylation is 1. The highest BCUT2D eigenvalue weighted by Gasteiger charge is 2.37. The Morgan fingerprint density at radius 2 is 1.81 bits per heavy atom. The van der Waals surface area contributed by atoms with Gasteiger partial charge in [-0.2, -0.15) is 13.2 Å². The fourth-order valence-electron chi connectivity index (χ4n) is 3.67. The lowest BCUT2D eigenvalue weighted by molar-refractivity contribution is -0.137. The summed E-state index contributed by atoms with van der Waals surface area (Å²) in [6, 6.07) is 9.81. The molecule has 0 N–H and O–H groups in total. The van der Waals surface area contributed by atoms with E-state index < -0.39 is 23.2 Å². The van der Waals surface area contributed by atoms with Crippen LogP contribution in [0.25, 0.3) is 10.9 Å². The molecule has 0 spiro atoms. The highest BCUT2D eigenvalue weighted by molar-refractivity contribution is 9.10. The summed E-state index contributed by atoms with van der Waals surface area (Å²) in [5, 5.41) is 0.713. The van der Waals surface area contributed by atoms with Crippen LogP contribution in [-0.4, -0.2) is 16.3 Å². The van der Waals surface area contributed by atoms with Crippen LogP contribution in [0.2, 0.25) is 0 Å². The minimum Gasteiger partial charge on any atom is -0.293 e. The van der Waals surface area contributed by atoms with Crippen molar-refractivity contribution in [2.45, 2.75) is 25.4 Å². The van der Waals surface area contributed by atoms with Crippen LogP contribution in [0, 0.1) is 0 Å². The molecule has 0 amide bonds. The van der Waals surface area contributed by atoms with E-state index in [1.54, 1.807) is 18.2 Å². The van der Waals surface area contributed by atoms with E-state index >= 15 is 0 Å². The Morgan fingerprint density at radius 1 is 1.07 bits per heavy atom. The van der Waals surface area contributed by atoms with Crippen molar-refractivity contribution in [1.29, 1.82) is 0 Å². The molecular formula is C20H13BrF3NO2. The van der Waals surface area contributed by atoms with E-state index in [4.69, 9.17) is 0 Å². The average molecular weight is 436 g/mol. The molecule has 27 heavy (non-hydrogen) atoms. The first-order chi connectivity index (χ1) is 12.8. The number of fused-ring (bicyclic) bond motifs is 3. The van der Waals surface area contributed by atoms with Crippen LogP contribution >= 0.6 is 15.9 Å². The number of hydrogen-bond acceptors (Lipinski definition) is 2. The minimum atomic E-state index is -4.66. The van der Waals surface area contributed by atoms with Crippen molar-refractivity contribution in [3.8, 4) is 0 Å². The molecule has 0 saturated heterocycles. The Kier molecular flexibility index (Phi) is 4.22. The number of carbonyl (C=O) groups excluding carboxylic acids is 2. The summed E-state index contributed by atoms with van der Waals surface area (Å²) in [6.45, 7) is 0. The van der Waals surface area contributed by atoms with Crippen molar-refractivity contribution >= 4 is 38.5 Å². The Bertz CT molecular complexity index is 1100. The van der Waals surface area contributed by atoms with Gasteiger partial charge in [0.15, 0.2) is 5.78 Å². The summed E-state index contributed by atoms with van der Waals surface area (Å²) in [5.74, 6) is -1.06. The maximum absolute atomic E-state index is 13.4. The van der Waals surface area contributed by atoms with Crippen LogP contribution in [0.5, 0.6) is 0 Å². The Hall–Kier alpha value is -2.41. The molecule has 0 bridgehead atoms. The number of hydrogen-bond donors (Lipinski definition) is 0. The molecule has 1 aliphatic rings. The minimum absolute atomic E-state index is 0.205. The van der Waals surface area contributed by atoms with Gasteiger partial charge in [0.2, 0.25) is 0 Å². The van der Waals surface area contributed by atoms with E-state index in [-0.39, 0.29) is 17.9 Å². The monoisotopic (exact) mass is 435 g/mol. The Balaban J connectivity index is 2.02. The van der Waals surface area contributed by atoms with Gasteiger partial charge in [0, 0.05) is 16.3 Å². The van der Waals surface area contributed by atoms with Crippen molar-refractivity contribution in [2.75, 3.05) is 0 Å². The molecule has 4 rings (SSSR count). The van der Waals surface area contributed by atoms with Crippen molar-refractivity contribution in [2.24, 2.45) is 0 Å². The standard InChI is InChI=1S/C20H13BrF3NO2/c21-11-8-9-16-14(10-11)12-5-3-7-17(26)18(12)25(16)19(27)13-4-1-2-6-15(13)20(22,23)24/h1-2,4,6,8-10H,3,5,7H2. The molecule has 0 unspecified atom stereocenters. The number of benzene rings is 2. The number of alkyl halides is 3. The third kappa shape index (κ3) is 2.90. The third-order valence-corrected chi connectivity index (χ3v) is 5.29. The van der Waals surface area contributed by atoms with Gasteiger partial charge in [0.25, 0.3) is 5.91 Å². The van der Waals surface area contributed by atoms with Crippen LogP contribution < -0.4 is 0 Å². The lowest BCUT2D eigenvalue weighted by Gasteiger charge is -2.16. The van der Waals surface area contributed by atoms with Crippen LogP contribution in [0.15, 0.2) is 46.9 Å². The van der Waals surface area contributed by atoms with Gasteiger partial charge in [-0.1, -0.05) is 28.1 Å². The number of halogens is 4. The molecule has 0 aliphatic heterocycles. The van der Waals surface area contributed by atoms with Crippen LogP contribution in [0.1, 0.15) is 44.8 Å². The molecule has 1 aliphatic carbocycles. The smallest absolute Gasteiger partial charge is 0.293 e. The van der Waals surface area contributed by atoms with Crippen LogP contribution in [0.3, 0.4) is 0 Å². The first-order valence-electron chi connectivity index (χ1n) is 8.36. The fourth-order valence-corrected chi connectivity index (χ4v) is 4.03. The predicted molar refractivity (Wildman–Crippen MR) is 98.1 cm³/mol. The zero-order valence-corrected chi connectivity index (χ0v) is 15.5. The second kappa shape index (κ2) is 6.34. The third-order valence-electron chi connectivity index (χ3n) is 4.79. The molecule has 2 aromatic carbocycles. The lowest BCUT2D eigenvalue weighted by Crippen LogP contribution is -2.23. The van der Waals surface area contributed by atoms with Crippen molar-refractivity contribution in [3.63, 3.8) is 0 Å². The molecule has 138 valence electrons. The van der Waals surface area contributed by atoms with Gasteiger partial charge in [-0.05, 0) is 48.7 Å². The topological polar surface area (TPSA) is 39.1 Å². The SMILES string of the molecule is O=C1CCCc2c1n(C(=O)c1ccccc1C(F)(F)F)c1ccc(Br)cc21. The summed E-state index contributed by atoms with van der Waals surface area (Å²) in [7, 11) is 0. The molecule has 0 fully saturated rings. The van der Waals surface area contributed by atoms with Crippen molar-refractivity contribution in [1.82, 2.24) is 4.57 Å². The lowest BCUT2D eigenvalue weighted by atomic mass is 9.94. The second-order valence-corrected chi connectivity index (χ2v) is 7.36. The summed E-state index contributed by atoms with van der Waals surface area (Å²) >= 11 is 3.38. The second-order valence-electron chi connectivity index (χ2n) is 6.45. The number of carbonyl (C=O) groups is 2. The molecule has 1 aromatic heterocycles. The van der Waals surface area contributed by atoms with Gasteiger partial charge >= 0.3 is 6.18 Å². The summed E-state index contributed by atoms with van der Waals surface area (Å²) in [4.78, 5) is 25.8. The number of aromatic nitrogens is 1. The normalized spacial score (nSPS) is 14.4. The molecule has 1 heterocycles. The van der Waals surface area contributed by atoms with E-state index in [0.717, 1.165) is 26.7 Å². The van der Waals surface area contributed by atoms with E-state index in [9.17, 15) is 22.8 Å². The Labute approximate surface area is 160 Å². The molecule has 3 nitrogen and oxygen atoms in total. The van der Waals surface area contributed by atoms with Gasteiger partial charge in [-0.3, -0.25) is 14.2 Å². The zero-order chi connectivity index (χ0) is 19.3. The number of nitrogens with zero attached hydrogens (tertiary/aromatic N) is 1. The molecule has 0 atom stereocenters. The van der Waals surface area contributed by atoms with Gasteiger partial charge in [0.1, 0.15) is 0 Å². The maximum atomic E-state index is 13.4. The summed E-state index contributed by atoms with van der Waals surface area (Å²) in [6.07, 6.45) is -3.12. The summed E-state index contributed by atoms with van der Waals surface area (Å²) in [5.41, 5.74) is -0.103. The largest absolute Gasteiger partial charge is 0.417 e. The quantitative estimate of drug-likeness (QED) is 0.496. The first-order valence-corrected chi connectivity index (χ1v) is 9.15. The number of ketones is 1. The average Bonchev–Trinajstić information content (AvgIpc) is 2.95. The zero-order valence-electron chi connectivity index (χ0n) is 13.9. The van der Waals surface area contributed by atoms with E-state index in [2.05, 4.69) is 15.9 Å². The van der Waals surface area contributed by atoms with E-state index in [0.29, 0.717) is 23.7 Å². The fraction of sp³-hybridized carbons (Fsp3) is 0.200. The highest BCUT2D eigenvalue weighted by atomic mass is 79.9. The van der Waals surface area contributed by atoms with Gasteiger partial charge in [0.05, 0.1) is 22.3 Å². The molecule has 3 aromatic rings. The van der Waals surface area contributed by atoms with E-state index in [1.807, 2.05) is 0 Å². The highest BCUT2D eigenvalue weighted by Crippen LogP contribution is 2.36. The Morgan fingerprint density at radius 3 is 2.56 bits per heavy atom. The molecule has 7 heteroatoms. The first kappa shape index (κ1) is 18.0. The molecular weight excluding hydrogens is 423 g/mol. The van der Waals surface area contributed by atoms with Gasteiger partial charge in [-0.25, -0.2) is 0 Å². The van der Waals surface area contributed by atoms with Gasteiger partial charge < -0.3 is 0 Å². The summed E-state index contributed by atoms with van der Waals surface area (Å²) < 4.78 is 42.1. The predicted octanol–water partition coefficient (Wildman–Crippen LogP) is 5.63. The molecule has 0 saturated carbocycles. The number of rotatable bonds is 1. The number of Topliss-reactive ketones (excluding diaryl/α,β-unsaturated/α-hetero) is 1. The van der Waals surface area contributed by atoms with Gasteiger partial charge in [-0.15, -0.1) is 0 Å². The van der Waals surface area contributed by atoms with E-state index in [1.165, 1.54) is 12.1 Å². The van der Waals surface area contributed by atoms with Crippen LogP contribution in [-0.2, 0) is 12.6 Å².